The molecule has 1 N–H and O–H groups in total. The van der Waals surface area contributed by atoms with Crippen LogP contribution in [-0.2, 0) is 4.79 Å². The van der Waals surface area contributed by atoms with Crippen molar-refractivity contribution < 1.29 is 13.9 Å². The minimum Gasteiger partial charge on any atom is -0.457 e. The lowest BCUT2D eigenvalue weighted by Gasteiger charge is -2.07. The van der Waals surface area contributed by atoms with Gasteiger partial charge in [-0.05, 0) is 36.4 Å². The quantitative estimate of drug-likeness (QED) is 0.902. The molecular weight excluding hydrogens is 245 g/mol. The first-order valence-electron chi connectivity index (χ1n) is 6.00. The molecular formula is C15H14FNO2. The summed E-state index contributed by atoms with van der Waals surface area (Å²) in [7, 11) is 0. The van der Waals surface area contributed by atoms with Crippen molar-refractivity contribution in [3.63, 3.8) is 0 Å². The van der Waals surface area contributed by atoms with E-state index in [1.807, 2.05) is 0 Å². The number of carbonyl (C=O) groups is 1. The van der Waals surface area contributed by atoms with E-state index in [0.29, 0.717) is 23.6 Å². The second-order valence-corrected chi connectivity index (χ2v) is 3.99. The molecule has 3 nitrogen and oxygen atoms in total. The maximum atomic E-state index is 13.0. The molecule has 0 fully saturated rings. The molecule has 19 heavy (non-hydrogen) atoms. The number of ether oxygens (including phenoxy) is 1. The molecule has 4 heteroatoms. The Labute approximate surface area is 111 Å². The highest BCUT2D eigenvalue weighted by Crippen LogP contribution is 2.23. The number of hydrogen-bond donors (Lipinski definition) is 1. The summed E-state index contributed by atoms with van der Waals surface area (Å²) >= 11 is 0. The SMILES string of the molecule is CCC(=O)Nc1ccc(Oc2cccc(F)c2)cc1. The van der Waals surface area contributed by atoms with Crippen molar-refractivity contribution in [2.75, 3.05) is 5.32 Å². The van der Waals surface area contributed by atoms with Crippen molar-refractivity contribution in [2.45, 2.75) is 13.3 Å². The van der Waals surface area contributed by atoms with E-state index in [-0.39, 0.29) is 11.7 Å². The molecule has 0 heterocycles. The Balaban J connectivity index is 2.04. The Morgan fingerprint density at radius 3 is 2.53 bits per heavy atom. The van der Waals surface area contributed by atoms with Crippen LogP contribution in [0.15, 0.2) is 48.5 Å². The predicted molar refractivity (Wildman–Crippen MR) is 71.8 cm³/mol. The van der Waals surface area contributed by atoms with Crippen LogP contribution in [0.1, 0.15) is 13.3 Å². The maximum absolute atomic E-state index is 13.0. The van der Waals surface area contributed by atoms with Crippen molar-refractivity contribution in [1.29, 1.82) is 0 Å². The Morgan fingerprint density at radius 1 is 1.16 bits per heavy atom. The van der Waals surface area contributed by atoms with Crippen molar-refractivity contribution in [3.05, 3.63) is 54.3 Å². The number of halogens is 1. The lowest BCUT2D eigenvalue weighted by Crippen LogP contribution is -2.08. The largest absolute Gasteiger partial charge is 0.457 e. The van der Waals surface area contributed by atoms with E-state index in [4.69, 9.17) is 4.74 Å². The normalized spacial score (nSPS) is 10.0. The fraction of sp³-hybridized carbons (Fsp3) is 0.133. The molecule has 0 spiro atoms. The summed E-state index contributed by atoms with van der Waals surface area (Å²) in [6, 6.07) is 12.8. The number of benzene rings is 2. The van der Waals surface area contributed by atoms with Crippen LogP contribution >= 0.6 is 0 Å². The molecule has 0 aliphatic heterocycles. The molecule has 2 rings (SSSR count). The molecule has 0 unspecified atom stereocenters. The van der Waals surface area contributed by atoms with E-state index in [1.54, 1.807) is 43.3 Å². The highest BCUT2D eigenvalue weighted by molar-refractivity contribution is 5.90. The summed E-state index contributed by atoms with van der Waals surface area (Å²) in [5, 5.41) is 2.74. The third kappa shape index (κ3) is 3.81. The topological polar surface area (TPSA) is 38.3 Å². The van der Waals surface area contributed by atoms with Gasteiger partial charge in [-0.3, -0.25) is 4.79 Å². The van der Waals surface area contributed by atoms with Gasteiger partial charge < -0.3 is 10.1 Å². The summed E-state index contributed by atoms with van der Waals surface area (Å²) < 4.78 is 18.5. The van der Waals surface area contributed by atoms with E-state index in [0.717, 1.165) is 0 Å². The van der Waals surface area contributed by atoms with E-state index < -0.39 is 0 Å². The van der Waals surface area contributed by atoms with Gasteiger partial charge in [0.05, 0.1) is 0 Å². The standard InChI is InChI=1S/C15H14FNO2/c1-2-15(18)17-12-6-8-13(9-7-12)19-14-5-3-4-11(16)10-14/h3-10H,2H2,1H3,(H,17,18). The smallest absolute Gasteiger partial charge is 0.224 e. The van der Waals surface area contributed by atoms with Crippen LogP contribution in [0.5, 0.6) is 11.5 Å². The summed E-state index contributed by atoms with van der Waals surface area (Å²) in [5.41, 5.74) is 0.707. The van der Waals surface area contributed by atoms with E-state index in [9.17, 15) is 9.18 Å². The van der Waals surface area contributed by atoms with Gasteiger partial charge in [0.25, 0.3) is 0 Å². The highest BCUT2D eigenvalue weighted by atomic mass is 19.1. The van der Waals surface area contributed by atoms with Gasteiger partial charge in [0.15, 0.2) is 0 Å². The third-order valence-corrected chi connectivity index (χ3v) is 2.49. The average Bonchev–Trinajstić information content (AvgIpc) is 2.41. The van der Waals surface area contributed by atoms with Crippen molar-refractivity contribution >= 4 is 11.6 Å². The number of anilines is 1. The molecule has 2 aromatic carbocycles. The van der Waals surface area contributed by atoms with Crippen LogP contribution in [0, 0.1) is 5.82 Å². The zero-order chi connectivity index (χ0) is 13.7. The summed E-state index contributed by atoms with van der Waals surface area (Å²) in [6.45, 7) is 1.79. The Morgan fingerprint density at radius 2 is 1.89 bits per heavy atom. The highest BCUT2D eigenvalue weighted by Gasteiger charge is 2.01. The second kappa shape index (κ2) is 6.00. The fourth-order valence-electron chi connectivity index (χ4n) is 1.52. The molecule has 1 amide bonds. The summed E-state index contributed by atoms with van der Waals surface area (Å²) in [6.07, 6.45) is 0.432. The molecule has 0 saturated carbocycles. The number of nitrogens with one attached hydrogen (secondary N) is 1. The first kappa shape index (κ1) is 13.1. The van der Waals surface area contributed by atoms with Gasteiger partial charge >= 0.3 is 0 Å². The van der Waals surface area contributed by atoms with Gasteiger partial charge in [-0.15, -0.1) is 0 Å². The molecule has 0 atom stereocenters. The number of amides is 1. The van der Waals surface area contributed by atoms with Crippen LogP contribution < -0.4 is 10.1 Å². The van der Waals surface area contributed by atoms with E-state index >= 15 is 0 Å². The molecule has 0 saturated heterocycles. The van der Waals surface area contributed by atoms with Gasteiger partial charge in [0.2, 0.25) is 5.91 Å². The average molecular weight is 259 g/mol. The molecule has 0 radical (unpaired) electrons. The van der Waals surface area contributed by atoms with Crippen LogP contribution in [0.2, 0.25) is 0 Å². The number of rotatable bonds is 4. The van der Waals surface area contributed by atoms with E-state index in [2.05, 4.69) is 5.32 Å². The van der Waals surface area contributed by atoms with Gasteiger partial charge in [0, 0.05) is 18.2 Å². The summed E-state index contributed by atoms with van der Waals surface area (Å²) in [4.78, 5) is 11.2. The first-order chi connectivity index (χ1) is 9.17. The third-order valence-electron chi connectivity index (χ3n) is 2.49. The minimum atomic E-state index is -0.343. The first-order valence-corrected chi connectivity index (χ1v) is 6.00. The number of hydrogen-bond acceptors (Lipinski definition) is 2. The van der Waals surface area contributed by atoms with E-state index in [1.165, 1.54) is 12.1 Å². The maximum Gasteiger partial charge on any atom is 0.224 e. The second-order valence-electron chi connectivity index (χ2n) is 3.99. The van der Waals surface area contributed by atoms with Gasteiger partial charge in [-0.2, -0.15) is 0 Å². The van der Waals surface area contributed by atoms with Crippen molar-refractivity contribution in [1.82, 2.24) is 0 Å². The van der Waals surface area contributed by atoms with Gasteiger partial charge in [0.1, 0.15) is 17.3 Å². The monoisotopic (exact) mass is 259 g/mol. The lowest BCUT2D eigenvalue weighted by atomic mass is 10.3. The van der Waals surface area contributed by atoms with Crippen molar-refractivity contribution in [2.24, 2.45) is 0 Å². The minimum absolute atomic E-state index is 0.0428. The van der Waals surface area contributed by atoms with Gasteiger partial charge in [-0.25, -0.2) is 4.39 Å². The molecule has 0 aliphatic rings. The van der Waals surface area contributed by atoms with Gasteiger partial charge in [-0.1, -0.05) is 13.0 Å². The number of carbonyl (C=O) groups excluding carboxylic acids is 1. The van der Waals surface area contributed by atoms with Crippen LogP contribution in [-0.4, -0.2) is 5.91 Å². The Bertz CT molecular complexity index is 567. The summed E-state index contributed by atoms with van der Waals surface area (Å²) in [5.74, 6) is 0.633. The zero-order valence-electron chi connectivity index (χ0n) is 10.5. The molecule has 2 aromatic rings. The lowest BCUT2D eigenvalue weighted by molar-refractivity contribution is -0.115. The molecule has 98 valence electrons. The molecule has 0 aliphatic carbocycles. The molecule has 0 bridgehead atoms. The van der Waals surface area contributed by atoms with Crippen LogP contribution in [0.4, 0.5) is 10.1 Å². The predicted octanol–water partition coefficient (Wildman–Crippen LogP) is 3.97. The molecule has 0 aromatic heterocycles. The Kier molecular flexibility index (Phi) is 4.13. The Hall–Kier alpha value is -2.36. The van der Waals surface area contributed by atoms with Crippen molar-refractivity contribution in [3.8, 4) is 11.5 Å². The van der Waals surface area contributed by atoms with Crippen LogP contribution in [0.25, 0.3) is 0 Å². The van der Waals surface area contributed by atoms with Crippen LogP contribution in [0.3, 0.4) is 0 Å². The fourth-order valence-corrected chi connectivity index (χ4v) is 1.52. The zero-order valence-corrected chi connectivity index (χ0v) is 10.5.